The molecule has 2 aromatic carbocycles. The molecule has 1 heterocycles. The van der Waals surface area contributed by atoms with E-state index >= 15 is 0 Å². The molecule has 0 aliphatic rings. The summed E-state index contributed by atoms with van der Waals surface area (Å²) in [6.07, 6.45) is -0.591. The molecule has 0 unspecified atom stereocenters. The van der Waals surface area contributed by atoms with Crippen molar-refractivity contribution < 1.29 is 18.7 Å². The molecule has 0 fully saturated rings. The summed E-state index contributed by atoms with van der Waals surface area (Å²) in [6.45, 7) is 0.167. The number of oxazole rings is 1. The van der Waals surface area contributed by atoms with E-state index in [9.17, 15) is 4.79 Å². The van der Waals surface area contributed by atoms with Gasteiger partial charge in [0.25, 0.3) is 0 Å². The third kappa shape index (κ3) is 3.54. The minimum absolute atomic E-state index is 0.167. The fourth-order valence-corrected chi connectivity index (χ4v) is 2.14. The van der Waals surface area contributed by atoms with Crippen LogP contribution < -0.4 is 14.8 Å². The van der Waals surface area contributed by atoms with Crippen molar-refractivity contribution in [2.24, 2.45) is 0 Å². The molecule has 0 radical (unpaired) electrons. The van der Waals surface area contributed by atoms with Gasteiger partial charge in [0.1, 0.15) is 11.3 Å². The smallest absolute Gasteiger partial charge is 0.412 e. The first-order valence-corrected chi connectivity index (χ1v) is 7.20. The van der Waals surface area contributed by atoms with Gasteiger partial charge in [0.15, 0.2) is 17.9 Å². The highest BCUT2D eigenvalue weighted by Gasteiger charge is 2.09. The quantitative estimate of drug-likeness (QED) is 0.787. The van der Waals surface area contributed by atoms with Crippen LogP contribution in [0.5, 0.6) is 11.5 Å². The number of halogens is 1. The Bertz CT molecular complexity index is 814. The van der Waals surface area contributed by atoms with Crippen LogP contribution in [0.2, 0.25) is 5.02 Å². The lowest BCUT2D eigenvalue weighted by atomic mass is 10.3. The first-order chi connectivity index (χ1) is 11.2. The molecular formula is C16H13ClN2O4. The van der Waals surface area contributed by atoms with E-state index in [4.69, 9.17) is 25.5 Å². The van der Waals surface area contributed by atoms with Crippen molar-refractivity contribution in [3.63, 3.8) is 0 Å². The lowest BCUT2D eigenvalue weighted by molar-refractivity contribution is 0.203. The fourth-order valence-electron chi connectivity index (χ4n) is 1.93. The Morgan fingerprint density at radius 3 is 2.87 bits per heavy atom. The zero-order valence-electron chi connectivity index (χ0n) is 12.2. The molecule has 118 valence electrons. The monoisotopic (exact) mass is 332 g/mol. The van der Waals surface area contributed by atoms with Crippen LogP contribution >= 0.6 is 11.6 Å². The van der Waals surface area contributed by atoms with E-state index in [1.54, 1.807) is 18.2 Å². The van der Waals surface area contributed by atoms with Crippen LogP contribution in [-0.2, 0) is 6.61 Å². The number of rotatable bonds is 4. The number of carbonyl (C=O) groups is 1. The minimum atomic E-state index is -0.591. The molecule has 3 aromatic rings. The Morgan fingerprint density at radius 2 is 2.13 bits per heavy atom. The third-order valence-electron chi connectivity index (χ3n) is 3.01. The largest absolute Gasteiger partial charge is 0.484 e. The number of carbonyl (C=O) groups excluding carboxylic acids is 1. The van der Waals surface area contributed by atoms with Gasteiger partial charge in [-0.25, -0.2) is 9.78 Å². The number of nitrogens with one attached hydrogen (secondary N) is 1. The summed E-state index contributed by atoms with van der Waals surface area (Å²) in [5.41, 5.74) is 1.48. The summed E-state index contributed by atoms with van der Waals surface area (Å²) in [5, 5.41) is 2.61. The van der Waals surface area contributed by atoms with E-state index in [1.807, 2.05) is 24.3 Å². The van der Waals surface area contributed by atoms with E-state index in [1.165, 1.54) is 7.05 Å². The number of para-hydroxylation sites is 2. The molecule has 0 aliphatic heterocycles. The van der Waals surface area contributed by atoms with Gasteiger partial charge in [0.05, 0.1) is 5.02 Å². The number of aromatic nitrogens is 1. The van der Waals surface area contributed by atoms with Gasteiger partial charge < -0.3 is 19.2 Å². The molecule has 0 saturated carbocycles. The van der Waals surface area contributed by atoms with Crippen molar-refractivity contribution in [3.05, 3.63) is 53.4 Å². The predicted molar refractivity (Wildman–Crippen MR) is 84.9 cm³/mol. The summed E-state index contributed by atoms with van der Waals surface area (Å²) >= 11 is 6.05. The predicted octanol–water partition coefficient (Wildman–Crippen LogP) is 3.78. The molecule has 0 atom stereocenters. The van der Waals surface area contributed by atoms with Gasteiger partial charge in [-0.15, -0.1) is 0 Å². The highest BCUT2D eigenvalue weighted by molar-refractivity contribution is 6.32. The Kier molecular flexibility index (Phi) is 4.34. The summed E-state index contributed by atoms with van der Waals surface area (Å²) in [5.74, 6) is 1.23. The maximum Gasteiger partial charge on any atom is 0.412 e. The standard InChI is InChI=1S/C16H13ClN2O4/c1-18-16(20)23-13-7-6-10(8-11(13)17)21-9-15-19-12-4-2-3-5-14(12)22-15/h2-8H,9H2,1H3,(H,18,20). The Labute approximate surface area is 137 Å². The maximum atomic E-state index is 11.2. The molecule has 1 N–H and O–H groups in total. The van der Waals surface area contributed by atoms with Gasteiger partial charge in [-0.05, 0) is 24.3 Å². The molecule has 1 aromatic heterocycles. The van der Waals surface area contributed by atoms with Crippen molar-refractivity contribution in [2.75, 3.05) is 7.05 Å². The second kappa shape index (κ2) is 6.58. The van der Waals surface area contributed by atoms with Crippen molar-refractivity contribution in [1.82, 2.24) is 10.3 Å². The van der Waals surface area contributed by atoms with Crippen molar-refractivity contribution in [3.8, 4) is 11.5 Å². The number of nitrogens with zero attached hydrogens (tertiary/aromatic N) is 1. The number of amides is 1. The number of fused-ring (bicyclic) bond motifs is 1. The lowest BCUT2D eigenvalue weighted by Gasteiger charge is -2.08. The van der Waals surface area contributed by atoms with Crippen molar-refractivity contribution >= 4 is 28.8 Å². The van der Waals surface area contributed by atoms with E-state index in [-0.39, 0.29) is 17.4 Å². The van der Waals surface area contributed by atoms with Crippen molar-refractivity contribution in [2.45, 2.75) is 6.61 Å². The lowest BCUT2D eigenvalue weighted by Crippen LogP contribution is -2.22. The number of hydrogen-bond acceptors (Lipinski definition) is 5. The van der Waals surface area contributed by atoms with Gasteiger partial charge >= 0.3 is 6.09 Å². The summed E-state index contributed by atoms with van der Waals surface area (Å²) in [6, 6.07) is 12.2. The molecule has 6 nitrogen and oxygen atoms in total. The number of ether oxygens (including phenoxy) is 2. The highest BCUT2D eigenvalue weighted by Crippen LogP contribution is 2.29. The van der Waals surface area contributed by atoms with Crippen LogP contribution in [-0.4, -0.2) is 18.1 Å². The molecule has 0 spiro atoms. The first-order valence-electron chi connectivity index (χ1n) is 6.82. The zero-order valence-corrected chi connectivity index (χ0v) is 13.0. The fraction of sp³-hybridized carbons (Fsp3) is 0.125. The Hall–Kier alpha value is -2.73. The molecule has 23 heavy (non-hydrogen) atoms. The first kappa shape index (κ1) is 15.2. The van der Waals surface area contributed by atoms with E-state index in [0.29, 0.717) is 17.2 Å². The van der Waals surface area contributed by atoms with Crippen LogP contribution in [0, 0.1) is 0 Å². The van der Waals surface area contributed by atoms with Crippen LogP contribution in [0.1, 0.15) is 5.89 Å². The molecule has 0 saturated heterocycles. The molecule has 1 amide bonds. The normalized spacial score (nSPS) is 10.5. The van der Waals surface area contributed by atoms with Gasteiger partial charge in [-0.3, -0.25) is 0 Å². The highest BCUT2D eigenvalue weighted by atomic mass is 35.5. The van der Waals surface area contributed by atoms with Crippen molar-refractivity contribution in [1.29, 1.82) is 0 Å². The molecule has 3 rings (SSSR count). The molecular weight excluding hydrogens is 320 g/mol. The van der Waals surface area contributed by atoms with Crippen LogP contribution in [0.4, 0.5) is 4.79 Å². The summed E-state index contributed by atoms with van der Waals surface area (Å²) < 4.78 is 16.1. The summed E-state index contributed by atoms with van der Waals surface area (Å²) in [7, 11) is 1.47. The van der Waals surface area contributed by atoms with Crippen LogP contribution in [0.25, 0.3) is 11.1 Å². The van der Waals surface area contributed by atoms with Crippen LogP contribution in [0.3, 0.4) is 0 Å². The van der Waals surface area contributed by atoms with Crippen LogP contribution in [0.15, 0.2) is 46.9 Å². The zero-order chi connectivity index (χ0) is 16.2. The number of hydrogen-bond donors (Lipinski definition) is 1. The van der Waals surface area contributed by atoms with Gasteiger partial charge in [0, 0.05) is 13.1 Å². The average Bonchev–Trinajstić information content (AvgIpc) is 2.98. The van der Waals surface area contributed by atoms with E-state index in [2.05, 4.69) is 10.3 Å². The summed E-state index contributed by atoms with van der Waals surface area (Å²) in [4.78, 5) is 15.5. The Balaban J connectivity index is 1.68. The molecule has 0 bridgehead atoms. The SMILES string of the molecule is CNC(=O)Oc1ccc(OCc2nc3ccccc3o2)cc1Cl. The second-order valence-electron chi connectivity index (χ2n) is 4.60. The third-order valence-corrected chi connectivity index (χ3v) is 3.31. The number of benzene rings is 2. The molecule has 0 aliphatic carbocycles. The van der Waals surface area contributed by atoms with Gasteiger partial charge in [0.2, 0.25) is 5.89 Å². The topological polar surface area (TPSA) is 73.6 Å². The van der Waals surface area contributed by atoms with E-state index in [0.717, 1.165) is 5.52 Å². The van der Waals surface area contributed by atoms with Gasteiger partial charge in [-0.2, -0.15) is 0 Å². The van der Waals surface area contributed by atoms with Gasteiger partial charge in [-0.1, -0.05) is 23.7 Å². The minimum Gasteiger partial charge on any atom is -0.484 e. The average molecular weight is 333 g/mol. The maximum absolute atomic E-state index is 11.2. The van der Waals surface area contributed by atoms with E-state index < -0.39 is 6.09 Å². The Morgan fingerprint density at radius 1 is 1.30 bits per heavy atom. The second-order valence-corrected chi connectivity index (χ2v) is 5.00. The molecule has 7 heteroatoms.